The van der Waals surface area contributed by atoms with E-state index in [1.54, 1.807) is 37.4 Å². The lowest BCUT2D eigenvalue weighted by Crippen LogP contribution is -2.10. The molecule has 7 nitrogen and oxygen atoms in total. The number of nitrogens with zero attached hydrogens (tertiary/aromatic N) is 2. The number of fused-ring (bicyclic) bond motifs is 1. The highest BCUT2D eigenvalue weighted by molar-refractivity contribution is 6.33. The maximum atomic E-state index is 10.1. The van der Waals surface area contributed by atoms with E-state index in [9.17, 15) is 5.11 Å². The van der Waals surface area contributed by atoms with Crippen molar-refractivity contribution in [2.75, 3.05) is 32.1 Å². The number of nitrogens with one attached hydrogen (secondary N) is 2. The average Bonchev–Trinajstić information content (AvgIpc) is 3.26. The van der Waals surface area contributed by atoms with Crippen LogP contribution >= 0.6 is 11.6 Å². The van der Waals surface area contributed by atoms with Gasteiger partial charge in [-0.3, -0.25) is 0 Å². The van der Waals surface area contributed by atoms with E-state index in [0.29, 0.717) is 51.5 Å². The van der Waals surface area contributed by atoms with E-state index in [0.717, 1.165) is 25.9 Å². The van der Waals surface area contributed by atoms with Crippen LogP contribution in [0, 0.1) is 5.92 Å². The standard InChI is InChI=1S/C22H25ClN4O3/c1-29-16-4-5-17(23)18(11-16)27-22-21-19(25-13-26-22)9-15(28)10-20(21)30-8-2-3-14-6-7-24-12-14/h4-5,9-11,13-14,24,28H,2-3,6-8,12H2,1H3,(H,25,26,27). The van der Waals surface area contributed by atoms with Crippen molar-refractivity contribution in [3.8, 4) is 17.2 Å². The molecule has 0 bridgehead atoms. The first kappa shape index (κ1) is 20.5. The zero-order valence-electron chi connectivity index (χ0n) is 16.8. The van der Waals surface area contributed by atoms with Gasteiger partial charge < -0.3 is 25.2 Å². The minimum Gasteiger partial charge on any atom is -0.508 e. The van der Waals surface area contributed by atoms with Crippen LogP contribution in [0.1, 0.15) is 19.3 Å². The molecule has 4 rings (SSSR count). The lowest BCUT2D eigenvalue weighted by atomic mass is 10.0. The zero-order valence-corrected chi connectivity index (χ0v) is 17.6. The highest BCUT2D eigenvalue weighted by Crippen LogP contribution is 2.37. The van der Waals surface area contributed by atoms with Crippen LogP contribution in [0.4, 0.5) is 11.5 Å². The van der Waals surface area contributed by atoms with Crippen molar-refractivity contribution in [2.24, 2.45) is 5.92 Å². The Morgan fingerprint density at radius 2 is 2.17 bits per heavy atom. The number of phenolic OH excluding ortho intramolecular Hbond substituents is 1. The third-order valence-corrected chi connectivity index (χ3v) is 5.62. The molecule has 30 heavy (non-hydrogen) atoms. The molecule has 1 saturated heterocycles. The van der Waals surface area contributed by atoms with Crippen molar-refractivity contribution < 1.29 is 14.6 Å². The molecule has 1 aliphatic heterocycles. The second-order valence-corrected chi connectivity index (χ2v) is 7.79. The van der Waals surface area contributed by atoms with Crippen molar-refractivity contribution in [1.82, 2.24) is 15.3 Å². The van der Waals surface area contributed by atoms with Gasteiger partial charge in [-0.1, -0.05) is 11.6 Å². The van der Waals surface area contributed by atoms with Crippen LogP contribution in [0.25, 0.3) is 10.9 Å². The van der Waals surface area contributed by atoms with E-state index in [4.69, 9.17) is 21.1 Å². The Labute approximate surface area is 180 Å². The Hall–Kier alpha value is -2.77. The summed E-state index contributed by atoms with van der Waals surface area (Å²) in [7, 11) is 1.60. The molecule has 1 aliphatic rings. The minimum atomic E-state index is 0.0987. The minimum absolute atomic E-state index is 0.0987. The fourth-order valence-corrected chi connectivity index (χ4v) is 3.88. The number of benzene rings is 2. The molecular formula is C22H25ClN4O3. The van der Waals surface area contributed by atoms with Gasteiger partial charge in [0.15, 0.2) is 0 Å². The third-order valence-electron chi connectivity index (χ3n) is 5.29. The lowest BCUT2D eigenvalue weighted by Gasteiger charge is -2.15. The smallest absolute Gasteiger partial charge is 0.145 e. The Kier molecular flexibility index (Phi) is 6.40. The van der Waals surface area contributed by atoms with Crippen molar-refractivity contribution in [2.45, 2.75) is 19.3 Å². The lowest BCUT2D eigenvalue weighted by molar-refractivity contribution is 0.297. The largest absolute Gasteiger partial charge is 0.508 e. The van der Waals surface area contributed by atoms with Crippen LogP contribution in [-0.4, -0.2) is 41.9 Å². The molecule has 1 fully saturated rings. The molecule has 3 N–H and O–H groups in total. The van der Waals surface area contributed by atoms with Gasteiger partial charge >= 0.3 is 0 Å². The van der Waals surface area contributed by atoms with Gasteiger partial charge in [0.1, 0.15) is 29.4 Å². The van der Waals surface area contributed by atoms with E-state index in [2.05, 4.69) is 20.6 Å². The topological polar surface area (TPSA) is 88.5 Å². The molecule has 0 spiro atoms. The van der Waals surface area contributed by atoms with Crippen LogP contribution in [-0.2, 0) is 0 Å². The second kappa shape index (κ2) is 9.36. The normalized spacial score (nSPS) is 16.0. The Morgan fingerprint density at radius 3 is 2.97 bits per heavy atom. The summed E-state index contributed by atoms with van der Waals surface area (Å²) in [5.41, 5.74) is 1.24. The number of aromatic hydroxyl groups is 1. The first-order valence-electron chi connectivity index (χ1n) is 10.1. The summed E-state index contributed by atoms with van der Waals surface area (Å²) in [5.74, 6) is 2.57. The molecule has 2 aromatic carbocycles. The van der Waals surface area contributed by atoms with Gasteiger partial charge in [0.2, 0.25) is 0 Å². The number of hydrogen-bond acceptors (Lipinski definition) is 7. The summed E-state index contributed by atoms with van der Waals surface area (Å²) in [6, 6.07) is 8.53. The summed E-state index contributed by atoms with van der Waals surface area (Å²) in [5, 5.41) is 18.0. The van der Waals surface area contributed by atoms with Crippen molar-refractivity contribution in [3.05, 3.63) is 41.7 Å². The summed E-state index contributed by atoms with van der Waals surface area (Å²) < 4.78 is 11.3. The van der Waals surface area contributed by atoms with Gasteiger partial charge in [0.25, 0.3) is 0 Å². The molecule has 158 valence electrons. The van der Waals surface area contributed by atoms with Crippen LogP contribution in [0.5, 0.6) is 17.2 Å². The molecule has 0 saturated carbocycles. The maximum absolute atomic E-state index is 10.1. The van der Waals surface area contributed by atoms with Crippen molar-refractivity contribution >= 4 is 34.0 Å². The quantitative estimate of drug-likeness (QED) is 0.455. The molecule has 0 aliphatic carbocycles. The van der Waals surface area contributed by atoms with E-state index >= 15 is 0 Å². The van der Waals surface area contributed by atoms with Gasteiger partial charge in [-0.15, -0.1) is 0 Å². The second-order valence-electron chi connectivity index (χ2n) is 7.38. The molecular weight excluding hydrogens is 404 g/mol. The molecule has 3 aromatic rings. The fraction of sp³-hybridized carbons (Fsp3) is 0.364. The fourth-order valence-electron chi connectivity index (χ4n) is 3.72. The van der Waals surface area contributed by atoms with Gasteiger partial charge in [-0.2, -0.15) is 0 Å². The highest BCUT2D eigenvalue weighted by Gasteiger charge is 2.16. The van der Waals surface area contributed by atoms with E-state index in [1.807, 2.05) is 0 Å². The molecule has 0 amide bonds. The zero-order chi connectivity index (χ0) is 20.9. The number of methoxy groups -OCH3 is 1. The monoisotopic (exact) mass is 428 g/mol. The van der Waals surface area contributed by atoms with Crippen LogP contribution in [0.15, 0.2) is 36.7 Å². The number of halogens is 1. The molecule has 0 radical (unpaired) electrons. The average molecular weight is 429 g/mol. The SMILES string of the molecule is COc1ccc(Cl)c(Nc2ncnc3cc(O)cc(OCCCC4CCNC4)c23)c1. The molecule has 1 unspecified atom stereocenters. The number of ether oxygens (including phenoxy) is 2. The summed E-state index contributed by atoms with van der Waals surface area (Å²) >= 11 is 6.35. The highest BCUT2D eigenvalue weighted by atomic mass is 35.5. The number of rotatable bonds is 8. The third kappa shape index (κ3) is 4.68. The van der Waals surface area contributed by atoms with Gasteiger partial charge in [0, 0.05) is 18.2 Å². The van der Waals surface area contributed by atoms with E-state index in [-0.39, 0.29) is 5.75 Å². The molecule has 2 heterocycles. The first-order valence-corrected chi connectivity index (χ1v) is 10.4. The summed E-state index contributed by atoms with van der Waals surface area (Å²) in [6.07, 6.45) is 4.72. The van der Waals surface area contributed by atoms with Gasteiger partial charge in [0.05, 0.1) is 35.3 Å². The Morgan fingerprint density at radius 1 is 1.27 bits per heavy atom. The Balaban J connectivity index is 1.59. The number of phenols is 1. The maximum Gasteiger partial charge on any atom is 0.145 e. The van der Waals surface area contributed by atoms with Gasteiger partial charge in [-0.05, 0) is 50.4 Å². The van der Waals surface area contributed by atoms with E-state index in [1.165, 1.54) is 12.7 Å². The van der Waals surface area contributed by atoms with Gasteiger partial charge in [-0.25, -0.2) is 9.97 Å². The van der Waals surface area contributed by atoms with Crippen molar-refractivity contribution in [1.29, 1.82) is 0 Å². The Bertz CT molecular complexity index is 1020. The predicted octanol–water partition coefficient (Wildman–Crippen LogP) is 4.51. The number of anilines is 2. The molecule has 1 atom stereocenters. The van der Waals surface area contributed by atoms with Crippen LogP contribution in [0.2, 0.25) is 5.02 Å². The van der Waals surface area contributed by atoms with E-state index < -0.39 is 0 Å². The number of hydrogen-bond donors (Lipinski definition) is 3. The summed E-state index contributed by atoms with van der Waals surface area (Å²) in [4.78, 5) is 8.68. The van der Waals surface area contributed by atoms with Crippen LogP contribution < -0.4 is 20.1 Å². The molecule has 8 heteroatoms. The number of aromatic nitrogens is 2. The predicted molar refractivity (Wildman–Crippen MR) is 118 cm³/mol. The summed E-state index contributed by atoms with van der Waals surface area (Å²) in [6.45, 7) is 2.74. The van der Waals surface area contributed by atoms with Crippen molar-refractivity contribution in [3.63, 3.8) is 0 Å². The first-order chi connectivity index (χ1) is 14.6. The molecule has 1 aromatic heterocycles. The van der Waals surface area contributed by atoms with Crippen LogP contribution in [0.3, 0.4) is 0 Å².